The minimum atomic E-state index is 0.0265. The molecule has 33 heavy (non-hydrogen) atoms. The summed E-state index contributed by atoms with van der Waals surface area (Å²) in [6, 6.07) is 24.6. The van der Waals surface area contributed by atoms with Crippen molar-refractivity contribution in [3.63, 3.8) is 0 Å². The predicted molar refractivity (Wildman–Crippen MR) is 130 cm³/mol. The number of rotatable bonds is 4. The number of aromatic hydroxyl groups is 1. The van der Waals surface area contributed by atoms with Gasteiger partial charge in [0, 0.05) is 31.4 Å². The third kappa shape index (κ3) is 4.64. The molecule has 1 atom stereocenters. The molecule has 0 spiro atoms. The van der Waals surface area contributed by atoms with E-state index in [0.717, 1.165) is 18.5 Å². The van der Waals surface area contributed by atoms with Crippen molar-refractivity contribution in [2.24, 2.45) is 0 Å². The van der Waals surface area contributed by atoms with Crippen molar-refractivity contribution >= 4 is 17.7 Å². The minimum Gasteiger partial charge on any atom is -0.508 e. The molecule has 0 aromatic heterocycles. The number of hydrogen-bond donors (Lipinski definition) is 1. The van der Waals surface area contributed by atoms with Crippen molar-refractivity contribution in [1.82, 2.24) is 4.90 Å². The van der Waals surface area contributed by atoms with Gasteiger partial charge in [-0.05, 0) is 59.0 Å². The molecule has 0 saturated carbocycles. The molecular formula is C28H28N2O3. The molecule has 0 aliphatic carbocycles. The summed E-state index contributed by atoms with van der Waals surface area (Å²) in [6.45, 7) is 3.38. The second-order valence-electron chi connectivity index (χ2n) is 8.50. The van der Waals surface area contributed by atoms with E-state index in [-0.39, 0.29) is 11.9 Å². The number of amides is 1. The lowest BCUT2D eigenvalue weighted by Crippen LogP contribution is -2.39. The van der Waals surface area contributed by atoms with Crippen LogP contribution in [0.1, 0.15) is 28.3 Å². The zero-order chi connectivity index (χ0) is 22.6. The Labute approximate surface area is 194 Å². The monoisotopic (exact) mass is 440 g/mol. The van der Waals surface area contributed by atoms with Gasteiger partial charge < -0.3 is 19.6 Å². The molecule has 5 heteroatoms. The van der Waals surface area contributed by atoms with Gasteiger partial charge in [0.15, 0.2) is 0 Å². The quantitative estimate of drug-likeness (QED) is 0.611. The van der Waals surface area contributed by atoms with Gasteiger partial charge in [-0.3, -0.25) is 4.79 Å². The van der Waals surface area contributed by atoms with E-state index >= 15 is 0 Å². The smallest absolute Gasteiger partial charge is 0.246 e. The maximum absolute atomic E-state index is 12.4. The summed E-state index contributed by atoms with van der Waals surface area (Å²) in [5.74, 6) is 0.338. The Bertz CT molecular complexity index is 1140. The SMILES string of the molecule is O=C(/C=C/c1ccc(C2c3ccc(O)cc3CCN2c2ccccc2)cc1)N1CCOCC1. The molecule has 5 nitrogen and oxygen atoms in total. The summed E-state index contributed by atoms with van der Waals surface area (Å²) < 4.78 is 5.32. The number of nitrogens with zero attached hydrogens (tertiary/aromatic N) is 2. The molecule has 1 saturated heterocycles. The maximum Gasteiger partial charge on any atom is 0.246 e. The molecule has 3 aromatic carbocycles. The van der Waals surface area contributed by atoms with Gasteiger partial charge in [-0.15, -0.1) is 0 Å². The van der Waals surface area contributed by atoms with Crippen molar-refractivity contribution in [1.29, 1.82) is 0 Å². The van der Waals surface area contributed by atoms with E-state index in [4.69, 9.17) is 4.74 Å². The van der Waals surface area contributed by atoms with Crippen molar-refractivity contribution in [2.75, 3.05) is 37.7 Å². The molecule has 1 N–H and O–H groups in total. The van der Waals surface area contributed by atoms with E-state index in [1.165, 1.54) is 22.4 Å². The molecule has 2 aliphatic rings. The van der Waals surface area contributed by atoms with Gasteiger partial charge in [0.25, 0.3) is 0 Å². The second kappa shape index (κ2) is 9.51. The highest BCUT2D eigenvalue weighted by Gasteiger charge is 2.29. The fraction of sp³-hybridized carbons (Fsp3) is 0.250. The van der Waals surface area contributed by atoms with Crippen LogP contribution in [0.4, 0.5) is 5.69 Å². The molecule has 5 rings (SSSR count). The normalized spacial score (nSPS) is 18.4. The average Bonchev–Trinajstić information content (AvgIpc) is 2.88. The predicted octanol–water partition coefficient (Wildman–Crippen LogP) is 4.42. The fourth-order valence-corrected chi connectivity index (χ4v) is 4.72. The van der Waals surface area contributed by atoms with E-state index in [0.29, 0.717) is 32.1 Å². The number of phenols is 1. The maximum atomic E-state index is 12.4. The third-order valence-corrected chi connectivity index (χ3v) is 6.44. The number of anilines is 1. The number of carbonyl (C=O) groups excluding carboxylic acids is 1. The molecule has 3 aromatic rings. The van der Waals surface area contributed by atoms with E-state index in [1.807, 2.05) is 29.2 Å². The highest BCUT2D eigenvalue weighted by atomic mass is 16.5. The van der Waals surface area contributed by atoms with Gasteiger partial charge >= 0.3 is 0 Å². The Morgan fingerprint density at radius 3 is 2.45 bits per heavy atom. The lowest BCUT2D eigenvalue weighted by molar-refractivity contribution is -0.129. The van der Waals surface area contributed by atoms with Gasteiger partial charge in [0.1, 0.15) is 5.75 Å². The number of morpholine rings is 1. The van der Waals surface area contributed by atoms with Crippen molar-refractivity contribution in [3.05, 3.63) is 101 Å². The first kappa shape index (κ1) is 21.3. The Kier molecular flexibility index (Phi) is 6.13. The minimum absolute atomic E-state index is 0.0265. The Balaban J connectivity index is 1.42. The van der Waals surface area contributed by atoms with Crippen LogP contribution in [0.3, 0.4) is 0 Å². The van der Waals surface area contributed by atoms with Crippen LogP contribution in [0.15, 0.2) is 78.9 Å². The first-order chi connectivity index (χ1) is 16.2. The van der Waals surface area contributed by atoms with Crippen LogP contribution < -0.4 is 4.90 Å². The average molecular weight is 441 g/mol. The van der Waals surface area contributed by atoms with E-state index in [1.54, 1.807) is 12.1 Å². The fourth-order valence-electron chi connectivity index (χ4n) is 4.72. The Morgan fingerprint density at radius 2 is 1.70 bits per heavy atom. The summed E-state index contributed by atoms with van der Waals surface area (Å²) in [4.78, 5) is 16.6. The Morgan fingerprint density at radius 1 is 0.939 bits per heavy atom. The largest absolute Gasteiger partial charge is 0.508 e. The summed E-state index contributed by atoms with van der Waals surface area (Å²) in [5.41, 5.74) is 5.76. The van der Waals surface area contributed by atoms with Gasteiger partial charge in [-0.2, -0.15) is 0 Å². The van der Waals surface area contributed by atoms with Gasteiger partial charge in [0.05, 0.1) is 19.3 Å². The zero-order valence-electron chi connectivity index (χ0n) is 18.6. The van der Waals surface area contributed by atoms with Crippen LogP contribution in [0.25, 0.3) is 6.08 Å². The number of ether oxygens (including phenoxy) is 1. The highest BCUT2D eigenvalue weighted by Crippen LogP contribution is 2.39. The van der Waals surface area contributed by atoms with Gasteiger partial charge in [-0.25, -0.2) is 0 Å². The van der Waals surface area contributed by atoms with Gasteiger partial charge in [0.2, 0.25) is 5.91 Å². The molecular weight excluding hydrogens is 412 g/mol. The lowest BCUT2D eigenvalue weighted by Gasteiger charge is -2.39. The number of carbonyl (C=O) groups is 1. The lowest BCUT2D eigenvalue weighted by atomic mass is 9.87. The van der Waals surface area contributed by atoms with Crippen molar-refractivity contribution in [2.45, 2.75) is 12.5 Å². The first-order valence-corrected chi connectivity index (χ1v) is 11.5. The first-order valence-electron chi connectivity index (χ1n) is 11.5. The van der Waals surface area contributed by atoms with Crippen LogP contribution in [-0.4, -0.2) is 48.8 Å². The molecule has 168 valence electrons. The molecule has 0 radical (unpaired) electrons. The number of fused-ring (bicyclic) bond motifs is 1. The third-order valence-electron chi connectivity index (χ3n) is 6.44. The van der Waals surface area contributed by atoms with E-state index < -0.39 is 0 Å². The van der Waals surface area contributed by atoms with Crippen LogP contribution in [0.2, 0.25) is 0 Å². The van der Waals surface area contributed by atoms with Crippen molar-refractivity contribution in [3.8, 4) is 5.75 Å². The summed E-state index contributed by atoms with van der Waals surface area (Å²) in [6.07, 6.45) is 4.41. The van der Waals surface area contributed by atoms with E-state index in [2.05, 4.69) is 53.4 Å². The molecule has 1 unspecified atom stereocenters. The molecule has 0 bridgehead atoms. The topological polar surface area (TPSA) is 53.0 Å². The van der Waals surface area contributed by atoms with Crippen LogP contribution in [-0.2, 0) is 16.0 Å². The van der Waals surface area contributed by atoms with Gasteiger partial charge in [-0.1, -0.05) is 48.5 Å². The number of phenolic OH excluding ortho intramolecular Hbond substituents is 1. The summed E-state index contributed by atoms with van der Waals surface area (Å²) in [7, 11) is 0. The van der Waals surface area contributed by atoms with Crippen LogP contribution in [0.5, 0.6) is 5.75 Å². The summed E-state index contributed by atoms with van der Waals surface area (Å²) >= 11 is 0. The number of benzene rings is 3. The summed E-state index contributed by atoms with van der Waals surface area (Å²) in [5, 5.41) is 10.0. The molecule has 2 aliphatic heterocycles. The molecule has 1 amide bonds. The number of hydrogen-bond acceptors (Lipinski definition) is 4. The molecule has 1 fully saturated rings. The van der Waals surface area contributed by atoms with Crippen LogP contribution >= 0.6 is 0 Å². The standard InChI is InChI=1S/C28H28N2O3/c31-25-11-12-26-23(20-25)14-15-30(24-4-2-1-3-5-24)28(26)22-9-6-21(7-10-22)8-13-27(32)29-16-18-33-19-17-29/h1-13,20,28,31H,14-19H2/b13-8+. The molecule has 2 heterocycles. The highest BCUT2D eigenvalue weighted by molar-refractivity contribution is 5.91. The zero-order valence-corrected chi connectivity index (χ0v) is 18.6. The van der Waals surface area contributed by atoms with Crippen molar-refractivity contribution < 1.29 is 14.6 Å². The van der Waals surface area contributed by atoms with Crippen LogP contribution in [0, 0.1) is 0 Å². The Hall–Kier alpha value is -3.57. The number of para-hydroxylation sites is 1. The second-order valence-corrected chi connectivity index (χ2v) is 8.50. The van der Waals surface area contributed by atoms with E-state index in [9.17, 15) is 9.90 Å².